The second kappa shape index (κ2) is 11.2. The number of nitro benzene ring substituents is 1. The summed E-state index contributed by atoms with van der Waals surface area (Å²) in [6, 6.07) is 11.7. The van der Waals surface area contributed by atoms with Crippen molar-refractivity contribution in [3.63, 3.8) is 0 Å². The highest BCUT2D eigenvalue weighted by Gasteiger charge is 2.11. The van der Waals surface area contributed by atoms with Gasteiger partial charge in [-0.1, -0.05) is 0 Å². The highest BCUT2D eigenvalue weighted by Crippen LogP contribution is 2.16. The Morgan fingerprint density at radius 3 is 1.97 bits per heavy atom. The molecular formula is C21H21N3O7. The molecule has 2 rings (SSSR count). The van der Waals surface area contributed by atoms with Gasteiger partial charge < -0.3 is 15.4 Å². The molecule has 2 N–H and O–H groups in total. The van der Waals surface area contributed by atoms with Crippen molar-refractivity contribution in [1.29, 1.82) is 0 Å². The van der Waals surface area contributed by atoms with E-state index in [1.54, 1.807) is 24.3 Å². The van der Waals surface area contributed by atoms with E-state index in [9.17, 15) is 29.3 Å². The molecule has 10 nitrogen and oxygen atoms in total. The molecule has 10 heteroatoms. The molecule has 0 saturated heterocycles. The molecule has 0 aromatic heterocycles. The molecule has 0 aliphatic rings. The molecule has 0 bridgehead atoms. The first kappa shape index (κ1) is 23.2. The molecule has 0 fully saturated rings. The van der Waals surface area contributed by atoms with Crippen LogP contribution in [0.5, 0.6) is 0 Å². The lowest BCUT2D eigenvalue weighted by atomic mass is 10.1. The highest BCUT2D eigenvalue weighted by atomic mass is 16.6. The number of non-ortho nitro benzene ring substituents is 1. The number of benzene rings is 2. The van der Waals surface area contributed by atoms with Crippen molar-refractivity contribution >= 4 is 40.6 Å². The normalized spacial score (nSPS) is 10.1. The lowest BCUT2D eigenvalue weighted by molar-refractivity contribution is -0.384. The summed E-state index contributed by atoms with van der Waals surface area (Å²) < 4.78 is 4.87. The van der Waals surface area contributed by atoms with Crippen molar-refractivity contribution in [2.24, 2.45) is 0 Å². The Morgan fingerprint density at radius 1 is 0.871 bits per heavy atom. The number of nitro groups is 1. The third-order valence-electron chi connectivity index (χ3n) is 4.09. The zero-order chi connectivity index (χ0) is 22.8. The van der Waals surface area contributed by atoms with Crippen LogP contribution in [0.3, 0.4) is 0 Å². The van der Waals surface area contributed by atoms with E-state index in [2.05, 4.69) is 10.6 Å². The van der Waals surface area contributed by atoms with E-state index >= 15 is 0 Å². The number of carbonyl (C=O) groups is 4. The Morgan fingerprint density at radius 2 is 1.42 bits per heavy atom. The number of nitrogens with one attached hydrogen (secondary N) is 2. The van der Waals surface area contributed by atoms with Gasteiger partial charge in [-0.3, -0.25) is 29.3 Å². The smallest absolute Gasteiger partial charge is 0.306 e. The summed E-state index contributed by atoms with van der Waals surface area (Å²) in [4.78, 5) is 56.7. The van der Waals surface area contributed by atoms with Gasteiger partial charge in [-0.05, 0) is 49.7 Å². The minimum Gasteiger partial charge on any atom is -0.456 e. The monoisotopic (exact) mass is 427 g/mol. The van der Waals surface area contributed by atoms with Gasteiger partial charge in [0.1, 0.15) is 0 Å². The van der Waals surface area contributed by atoms with Crippen LogP contribution in [-0.4, -0.2) is 35.1 Å². The van der Waals surface area contributed by atoms with Crippen LogP contribution in [-0.2, 0) is 19.1 Å². The van der Waals surface area contributed by atoms with Gasteiger partial charge in [0, 0.05) is 41.9 Å². The second-order valence-electron chi connectivity index (χ2n) is 6.55. The molecule has 0 aliphatic carbocycles. The lowest BCUT2D eigenvalue weighted by Gasteiger charge is -2.07. The number of anilines is 2. The average molecular weight is 427 g/mol. The Kier molecular flexibility index (Phi) is 8.38. The van der Waals surface area contributed by atoms with Crippen LogP contribution >= 0.6 is 0 Å². The summed E-state index contributed by atoms with van der Waals surface area (Å²) in [5.41, 5.74) is 1.31. The number of amides is 2. The van der Waals surface area contributed by atoms with Crippen molar-refractivity contribution in [2.45, 2.75) is 26.2 Å². The first-order valence-electron chi connectivity index (χ1n) is 9.35. The summed E-state index contributed by atoms with van der Waals surface area (Å²) in [5, 5.41) is 15.7. The fraction of sp³-hybridized carbons (Fsp3) is 0.238. The van der Waals surface area contributed by atoms with Crippen LogP contribution in [0.25, 0.3) is 0 Å². The molecular weight excluding hydrogens is 406 g/mol. The van der Waals surface area contributed by atoms with Crippen LogP contribution in [0.4, 0.5) is 17.1 Å². The van der Waals surface area contributed by atoms with E-state index in [1.165, 1.54) is 31.2 Å². The van der Waals surface area contributed by atoms with Crippen molar-refractivity contribution < 1.29 is 28.8 Å². The van der Waals surface area contributed by atoms with Gasteiger partial charge in [-0.25, -0.2) is 0 Å². The number of hydrogen-bond acceptors (Lipinski definition) is 7. The number of ether oxygens (including phenoxy) is 1. The van der Waals surface area contributed by atoms with E-state index in [4.69, 9.17) is 4.74 Å². The molecule has 0 aliphatic heterocycles. The highest BCUT2D eigenvalue weighted by molar-refractivity contribution is 5.96. The number of esters is 1. The minimum absolute atomic E-state index is 0.0424. The number of rotatable bonds is 10. The van der Waals surface area contributed by atoms with Gasteiger partial charge in [-0.15, -0.1) is 0 Å². The van der Waals surface area contributed by atoms with Crippen LogP contribution < -0.4 is 10.6 Å². The van der Waals surface area contributed by atoms with E-state index in [0.29, 0.717) is 16.9 Å². The molecule has 2 aromatic rings. The molecule has 0 radical (unpaired) electrons. The number of hydrogen-bond donors (Lipinski definition) is 2. The van der Waals surface area contributed by atoms with Crippen LogP contribution in [0.1, 0.15) is 36.5 Å². The maximum Gasteiger partial charge on any atom is 0.306 e. The van der Waals surface area contributed by atoms with E-state index in [-0.39, 0.29) is 36.6 Å². The minimum atomic E-state index is -0.620. The predicted octanol–water partition coefficient (Wildman–Crippen LogP) is 3.09. The molecule has 0 heterocycles. The Labute approximate surface area is 177 Å². The number of Topliss-reactive ketones (excluding diaryl/α,β-unsaturated/α-hetero) is 1. The maximum atomic E-state index is 11.9. The van der Waals surface area contributed by atoms with Crippen molar-refractivity contribution in [3.05, 3.63) is 64.2 Å². The molecule has 2 aromatic carbocycles. The third-order valence-corrected chi connectivity index (χ3v) is 4.09. The van der Waals surface area contributed by atoms with Gasteiger partial charge >= 0.3 is 5.97 Å². The van der Waals surface area contributed by atoms with Crippen LogP contribution in [0.15, 0.2) is 48.5 Å². The zero-order valence-electron chi connectivity index (χ0n) is 16.8. The maximum absolute atomic E-state index is 11.9. The average Bonchev–Trinajstić information content (AvgIpc) is 2.73. The molecule has 2 amide bonds. The third kappa shape index (κ3) is 8.05. The summed E-state index contributed by atoms with van der Waals surface area (Å²) in [5.74, 6) is -1.59. The molecule has 31 heavy (non-hydrogen) atoms. The van der Waals surface area contributed by atoms with Crippen LogP contribution in [0.2, 0.25) is 0 Å². The predicted molar refractivity (Wildman–Crippen MR) is 112 cm³/mol. The van der Waals surface area contributed by atoms with Crippen molar-refractivity contribution in [2.75, 3.05) is 17.2 Å². The molecule has 0 spiro atoms. The van der Waals surface area contributed by atoms with Crippen LogP contribution in [0, 0.1) is 10.1 Å². The van der Waals surface area contributed by atoms with Gasteiger partial charge in [0.25, 0.3) is 11.6 Å². The molecule has 0 unspecified atom stereocenters. The summed E-state index contributed by atoms with van der Waals surface area (Å²) in [6.07, 6.45) is 0.209. The first-order chi connectivity index (χ1) is 14.7. The Hall–Kier alpha value is -4.08. The van der Waals surface area contributed by atoms with Gasteiger partial charge in [0.2, 0.25) is 5.91 Å². The topological polar surface area (TPSA) is 145 Å². The summed E-state index contributed by atoms with van der Waals surface area (Å²) >= 11 is 0. The largest absolute Gasteiger partial charge is 0.456 e. The quantitative estimate of drug-likeness (QED) is 0.256. The fourth-order valence-corrected chi connectivity index (χ4v) is 2.49. The van der Waals surface area contributed by atoms with Gasteiger partial charge in [-0.2, -0.15) is 0 Å². The van der Waals surface area contributed by atoms with Crippen molar-refractivity contribution in [1.82, 2.24) is 0 Å². The number of nitrogens with zero attached hydrogens (tertiary/aromatic N) is 1. The summed E-state index contributed by atoms with van der Waals surface area (Å²) in [6.45, 7) is 0.967. The Bertz CT molecular complexity index is 969. The number of ketones is 1. The molecule has 0 saturated carbocycles. The SMILES string of the molecule is CC(=O)c1ccc(NC(=O)COC(=O)CCCC(=O)Nc2ccc([N+](=O)[O-])cc2)cc1. The number of carbonyl (C=O) groups excluding carboxylic acids is 4. The van der Waals surface area contributed by atoms with Gasteiger partial charge in [0.05, 0.1) is 4.92 Å². The fourth-order valence-electron chi connectivity index (χ4n) is 2.49. The Balaban J connectivity index is 1.64. The van der Waals surface area contributed by atoms with Gasteiger partial charge in [0.15, 0.2) is 12.4 Å². The standard InChI is InChI=1S/C21H21N3O7/c1-14(25)15-5-7-16(8-6-15)23-20(27)13-31-21(28)4-2-3-19(26)22-17-9-11-18(12-10-17)24(29)30/h5-12H,2-4,13H2,1H3,(H,22,26)(H,23,27). The molecule has 0 atom stereocenters. The molecule has 162 valence electrons. The zero-order valence-corrected chi connectivity index (χ0v) is 16.8. The van der Waals surface area contributed by atoms with E-state index in [0.717, 1.165) is 0 Å². The summed E-state index contributed by atoms with van der Waals surface area (Å²) in [7, 11) is 0. The second-order valence-corrected chi connectivity index (χ2v) is 6.55. The first-order valence-corrected chi connectivity index (χ1v) is 9.35. The lowest BCUT2D eigenvalue weighted by Crippen LogP contribution is -2.21. The van der Waals surface area contributed by atoms with E-state index < -0.39 is 23.4 Å². The van der Waals surface area contributed by atoms with Crippen molar-refractivity contribution in [3.8, 4) is 0 Å². The van der Waals surface area contributed by atoms with E-state index in [1.807, 2.05) is 0 Å².